The minimum absolute atomic E-state index is 0.139. The summed E-state index contributed by atoms with van der Waals surface area (Å²) in [5, 5.41) is 15.0. The number of alkyl halides is 3. The van der Waals surface area contributed by atoms with Crippen LogP contribution in [-0.2, 0) is 27.3 Å². The van der Waals surface area contributed by atoms with E-state index in [1.807, 2.05) is 22.9 Å². The molecule has 2 heterocycles. The molecule has 1 fully saturated rings. The predicted octanol–water partition coefficient (Wildman–Crippen LogP) is 4.66. The molecule has 192 valence electrons. The van der Waals surface area contributed by atoms with Gasteiger partial charge in [-0.05, 0) is 29.9 Å². The molecule has 35 heavy (non-hydrogen) atoms. The van der Waals surface area contributed by atoms with Gasteiger partial charge in [0.2, 0.25) is 5.91 Å². The quantitative estimate of drug-likeness (QED) is 0.583. The summed E-state index contributed by atoms with van der Waals surface area (Å²) >= 11 is 0. The Labute approximate surface area is 202 Å². The zero-order valence-electron chi connectivity index (χ0n) is 19.6. The zero-order chi connectivity index (χ0) is 25.3. The van der Waals surface area contributed by atoms with Crippen LogP contribution >= 0.6 is 0 Å². The van der Waals surface area contributed by atoms with E-state index in [9.17, 15) is 18.0 Å². The minimum atomic E-state index is -5.08. The lowest BCUT2D eigenvalue weighted by atomic mass is 9.86. The minimum Gasteiger partial charge on any atom is -0.475 e. The van der Waals surface area contributed by atoms with Crippen molar-refractivity contribution in [3.8, 4) is 0 Å². The maximum absolute atomic E-state index is 12.3. The SMILES string of the molecule is O=C(CCC1CCCCC1)NCC1OCCc2cn(Cc3ccccc3)nc21.O=C(O)C(F)(F)F. The molecule has 0 spiro atoms. The Balaban J connectivity index is 0.000000429. The Bertz CT molecular complexity index is 957. The summed E-state index contributed by atoms with van der Waals surface area (Å²) in [7, 11) is 0. The average Bonchev–Trinajstić information content (AvgIpc) is 3.25. The number of fused-ring (bicyclic) bond motifs is 1. The fourth-order valence-corrected chi connectivity index (χ4v) is 4.44. The average molecular weight is 496 g/mol. The number of amides is 1. The molecular formula is C25H32F3N3O4. The fraction of sp³-hybridized carbons (Fsp3) is 0.560. The van der Waals surface area contributed by atoms with Gasteiger partial charge in [-0.2, -0.15) is 18.3 Å². The van der Waals surface area contributed by atoms with Crippen LogP contribution in [0.25, 0.3) is 0 Å². The number of carbonyl (C=O) groups excluding carboxylic acids is 1. The first-order valence-electron chi connectivity index (χ1n) is 12.0. The Kier molecular flexibility index (Phi) is 9.71. The van der Waals surface area contributed by atoms with Crippen LogP contribution in [0.2, 0.25) is 0 Å². The van der Waals surface area contributed by atoms with Crippen LogP contribution < -0.4 is 5.32 Å². The van der Waals surface area contributed by atoms with E-state index in [-0.39, 0.29) is 12.0 Å². The lowest BCUT2D eigenvalue weighted by Gasteiger charge is -2.23. The van der Waals surface area contributed by atoms with Gasteiger partial charge in [-0.1, -0.05) is 62.4 Å². The van der Waals surface area contributed by atoms with E-state index in [1.54, 1.807) is 0 Å². The van der Waals surface area contributed by atoms with Crippen molar-refractivity contribution in [3.05, 3.63) is 53.3 Å². The summed E-state index contributed by atoms with van der Waals surface area (Å²) < 4.78 is 39.7. The highest BCUT2D eigenvalue weighted by atomic mass is 19.4. The topological polar surface area (TPSA) is 93.5 Å². The monoisotopic (exact) mass is 495 g/mol. The molecule has 1 saturated carbocycles. The summed E-state index contributed by atoms with van der Waals surface area (Å²) in [6.45, 7) is 1.96. The molecule has 1 aromatic heterocycles. The van der Waals surface area contributed by atoms with Gasteiger partial charge in [-0.3, -0.25) is 9.48 Å². The van der Waals surface area contributed by atoms with Gasteiger partial charge in [0.1, 0.15) is 6.10 Å². The second kappa shape index (κ2) is 12.7. The van der Waals surface area contributed by atoms with Gasteiger partial charge in [-0.25, -0.2) is 4.79 Å². The van der Waals surface area contributed by atoms with Gasteiger partial charge in [0.15, 0.2) is 0 Å². The van der Waals surface area contributed by atoms with Crippen molar-refractivity contribution in [2.45, 2.75) is 70.2 Å². The highest BCUT2D eigenvalue weighted by molar-refractivity contribution is 5.75. The maximum Gasteiger partial charge on any atom is 0.490 e. The number of benzene rings is 1. The molecule has 0 saturated heterocycles. The molecule has 2 aromatic rings. The van der Waals surface area contributed by atoms with E-state index >= 15 is 0 Å². The van der Waals surface area contributed by atoms with Crippen molar-refractivity contribution in [2.75, 3.05) is 13.2 Å². The van der Waals surface area contributed by atoms with E-state index in [0.29, 0.717) is 19.6 Å². The van der Waals surface area contributed by atoms with Crippen LogP contribution in [0.1, 0.15) is 67.9 Å². The van der Waals surface area contributed by atoms with Gasteiger partial charge < -0.3 is 15.2 Å². The molecular weight excluding hydrogens is 463 g/mol. The standard InChI is InChI=1S/C23H31N3O2.C2HF3O2/c27-22(12-11-18-7-3-1-4-8-18)24-15-21-23-20(13-14-28-21)17-26(25-23)16-19-9-5-2-6-10-19;3-2(4,5)1(6)7/h2,5-6,9-10,17-18,21H,1,3-4,7-8,11-16H2,(H,24,27);(H,6,7). The fourth-order valence-electron chi connectivity index (χ4n) is 4.44. The van der Waals surface area contributed by atoms with E-state index < -0.39 is 12.1 Å². The second-order valence-corrected chi connectivity index (χ2v) is 8.98. The summed E-state index contributed by atoms with van der Waals surface area (Å²) in [5.74, 6) is -1.87. The molecule has 1 aromatic carbocycles. The summed E-state index contributed by atoms with van der Waals surface area (Å²) in [6, 6.07) is 10.3. The number of hydrogen-bond acceptors (Lipinski definition) is 4. The van der Waals surface area contributed by atoms with Crippen LogP contribution in [0.15, 0.2) is 36.5 Å². The molecule has 1 aliphatic carbocycles. The van der Waals surface area contributed by atoms with Gasteiger partial charge in [0.05, 0.1) is 18.8 Å². The van der Waals surface area contributed by atoms with Crippen molar-refractivity contribution >= 4 is 11.9 Å². The van der Waals surface area contributed by atoms with Crippen molar-refractivity contribution < 1.29 is 32.6 Å². The Morgan fingerprint density at radius 1 is 1.14 bits per heavy atom. The normalized spacial score (nSPS) is 18.2. The molecule has 1 amide bonds. The van der Waals surface area contributed by atoms with E-state index in [2.05, 4.69) is 23.6 Å². The number of ether oxygens (including phenoxy) is 1. The maximum atomic E-state index is 12.3. The first kappa shape index (κ1) is 26.7. The number of nitrogens with one attached hydrogen (secondary N) is 1. The molecule has 1 unspecified atom stereocenters. The number of rotatable bonds is 7. The third kappa shape index (κ3) is 8.69. The molecule has 0 radical (unpaired) electrons. The first-order valence-corrected chi connectivity index (χ1v) is 12.0. The van der Waals surface area contributed by atoms with Crippen molar-refractivity contribution in [1.82, 2.24) is 15.1 Å². The van der Waals surface area contributed by atoms with Crippen molar-refractivity contribution in [1.29, 1.82) is 0 Å². The van der Waals surface area contributed by atoms with E-state index in [1.165, 1.54) is 43.2 Å². The first-order chi connectivity index (χ1) is 16.7. The van der Waals surface area contributed by atoms with Crippen LogP contribution in [0.3, 0.4) is 0 Å². The van der Waals surface area contributed by atoms with Crippen molar-refractivity contribution in [2.24, 2.45) is 5.92 Å². The van der Waals surface area contributed by atoms with Gasteiger partial charge in [0, 0.05) is 19.2 Å². The van der Waals surface area contributed by atoms with Crippen LogP contribution in [0, 0.1) is 5.92 Å². The Hall–Kier alpha value is -2.88. The summed E-state index contributed by atoms with van der Waals surface area (Å²) in [4.78, 5) is 21.2. The van der Waals surface area contributed by atoms with Crippen molar-refractivity contribution in [3.63, 3.8) is 0 Å². The summed E-state index contributed by atoms with van der Waals surface area (Å²) in [6.07, 6.45) is 6.05. The molecule has 2 aliphatic rings. The third-order valence-electron chi connectivity index (χ3n) is 6.28. The molecule has 10 heteroatoms. The smallest absolute Gasteiger partial charge is 0.475 e. The van der Waals surface area contributed by atoms with Gasteiger partial charge in [0.25, 0.3) is 0 Å². The van der Waals surface area contributed by atoms with E-state index in [4.69, 9.17) is 19.7 Å². The Morgan fingerprint density at radius 3 is 2.49 bits per heavy atom. The highest BCUT2D eigenvalue weighted by Gasteiger charge is 2.38. The lowest BCUT2D eigenvalue weighted by Crippen LogP contribution is -2.32. The summed E-state index contributed by atoms with van der Waals surface area (Å²) in [5.41, 5.74) is 3.45. The number of halogens is 3. The second-order valence-electron chi connectivity index (χ2n) is 8.98. The number of hydrogen-bond donors (Lipinski definition) is 2. The molecule has 4 rings (SSSR count). The molecule has 7 nitrogen and oxygen atoms in total. The number of nitrogens with zero attached hydrogens (tertiary/aromatic N) is 2. The lowest BCUT2D eigenvalue weighted by molar-refractivity contribution is -0.192. The number of carboxylic acid groups (broad SMARTS) is 1. The Morgan fingerprint density at radius 2 is 1.83 bits per heavy atom. The third-order valence-corrected chi connectivity index (χ3v) is 6.28. The van der Waals surface area contributed by atoms with Crippen LogP contribution in [0.5, 0.6) is 0 Å². The number of aliphatic carboxylic acids is 1. The van der Waals surface area contributed by atoms with E-state index in [0.717, 1.165) is 31.0 Å². The number of carboxylic acids is 1. The molecule has 1 aliphatic heterocycles. The number of carbonyl (C=O) groups is 2. The number of aromatic nitrogens is 2. The molecule has 2 N–H and O–H groups in total. The predicted molar refractivity (Wildman–Crippen MR) is 123 cm³/mol. The zero-order valence-corrected chi connectivity index (χ0v) is 19.6. The van der Waals surface area contributed by atoms with Gasteiger partial charge >= 0.3 is 12.1 Å². The highest BCUT2D eigenvalue weighted by Crippen LogP contribution is 2.28. The largest absolute Gasteiger partial charge is 0.490 e. The van der Waals surface area contributed by atoms with Crippen LogP contribution in [0.4, 0.5) is 13.2 Å². The molecule has 1 atom stereocenters. The van der Waals surface area contributed by atoms with Gasteiger partial charge in [-0.15, -0.1) is 0 Å². The molecule has 0 bridgehead atoms. The van der Waals surface area contributed by atoms with Crippen LogP contribution in [-0.4, -0.2) is 46.1 Å².